The third-order valence-electron chi connectivity index (χ3n) is 5.36. The number of nitrogens with zero attached hydrogens (tertiary/aromatic N) is 3. The molecule has 1 aliphatic heterocycles. The highest BCUT2D eigenvalue weighted by molar-refractivity contribution is 6.35. The van der Waals surface area contributed by atoms with Crippen molar-refractivity contribution < 1.29 is 13.9 Å². The molecule has 6 nitrogen and oxygen atoms in total. The fourth-order valence-corrected chi connectivity index (χ4v) is 4.16. The van der Waals surface area contributed by atoms with E-state index >= 15 is 0 Å². The number of amides is 1. The van der Waals surface area contributed by atoms with Crippen molar-refractivity contribution in [2.75, 3.05) is 33.0 Å². The van der Waals surface area contributed by atoms with E-state index in [2.05, 4.69) is 22.4 Å². The molecule has 0 unspecified atom stereocenters. The van der Waals surface area contributed by atoms with E-state index in [1.807, 2.05) is 36.2 Å². The van der Waals surface area contributed by atoms with Crippen LogP contribution >= 0.6 is 23.2 Å². The van der Waals surface area contributed by atoms with E-state index in [-0.39, 0.29) is 12.3 Å². The minimum Gasteiger partial charge on any atom is -0.379 e. The van der Waals surface area contributed by atoms with Gasteiger partial charge in [-0.2, -0.15) is 5.10 Å². The van der Waals surface area contributed by atoms with Gasteiger partial charge in [-0.05, 0) is 37.3 Å². The number of alkyl halides is 1. The Morgan fingerprint density at radius 1 is 1.18 bits per heavy atom. The molecule has 1 saturated heterocycles. The Balaban J connectivity index is 1.76. The minimum absolute atomic E-state index is 0.199. The zero-order valence-corrected chi connectivity index (χ0v) is 20.1. The smallest absolute Gasteiger partial charge is 0.286 e. The molecule has 0 bridgehead atoms. The lowest BCUT2D eigenvalue weighted by Crippen LogP contribution is -2.48. The van der Waals surface area contributed by atoms with E-state index in [1.165, 1.54) is 0 Å². The molecular formula is C25H23Cl2FN4O2. The van der Waals surface area contributed by atoms with Gasteiger partial charge in [-0.15, -0.1) is 0 Å². The maximum atomic E-state index is 13.1. The highest BCUT2D eigenvalue weighted by atomic mass is 35.5. The lowest BCUT2D eigenvalue weighted by atomic mass is 10.0. The Hall–Kier alpha value is -2.89. The molecule has 1 aromatic heterocycles. The van der Waals surface area contributed by atoms with Crippen molar-refractivity contribution in [1.82, 2.24) is 20.2 Å². The van der Waals surface area contributed by atoms with E-state index < -0.39 is 6.67 Å². The lowest BCUT2D eigenvalue weighted by Gasteiger charge is -2.26. The predicted octanol–water partition coefficient (Wildman–Crippen LogP) is 4.84. The van der Waals surface area contributed by atoms with Gasteiger partial charge in [0.15, 0.2) is 5.69 Å². The van der Waals surface area contributed by atoms with Gasteiger partial charge in [0.05, 0.1) is 29.6 Å². The van der Waals surface area contributed by atoms with Crippen molar-refractivity contribution in [3.8, 4) is 28.8 Å². The van der Waals surface area contributed by atoms with Crippen LogP contribution in [0, 0.1) is 18.8 Å². The predicted molar refractivity (Wildman–Crippen MR) is 131 cm³/mol. The zero-order chi connectivity index (χ0) is 24.1. The molecule has 176 valence electrons. The Morgan fingerprint density at radius 3 is 2.59 bits per heavy atom. The highest BCUT2D eigenvalue weighted by Gasteiger charge is 2.25. The Bertz CT molecular complexity index is 1240. The number of rotatable bonds is 5. The number of ether oxygens (including phenoxy) is 1. The first-order valence-corrected chi connectivity index (χ1v) is 11.6. The summed E-state index contributed by atoms with van der Waals surface area (Å²) < 4.78 is 19.3. The quantitative estimate of drug-likeness (QED) is 0.509. The van der Waals surface area contributed by atoms with Crippen LogP contribution in [0.1, 0.15) is 28.0 Å². The van der Waals surface area contributed by atoms with E-state index in [9.17, 15) is 9.18 Å². The van der Waals surface area contributed by atoms with Crippen LogP contribution in [0.25, 0.3) is 16.9 Å². The first kappa shape index (κ1) is 24.2. The molecule has 0 atom stereocenters. The van der Waals surface area contributed by atoms with Crippen LogP contribution in [0.2, 0.25) is 10.0 Å². The van der Waals surface area contributed by atoms with Crippen molar-refractivity contribution in [2.45, 2.75) is 13.3 Å². The Morgan fingerprint density at radius 2 is 1.91 bits per heavy atom. The standard InChI is InChI=1S/C25H23Cl2FN4O2/c1-17-23(25(33)30-31-12-14-34-15-13-31)29-32(22-10-9-20(26)16-21(22)27)24(17)19-7-5-18(6-8-19)4-2-3-11-28/h5-10,16H,3,11-15H2,1H3,(H,30,33). The van der Waals surface area contributed by atoms with E-state index in [1.54, 1.807) is 22.9 Å². The van der Waals surface area contributed by atoms with E-state index in [4.69, 9.17) is 27.9 Å². The number of hydrogen-bond acceptors (Lipinski definition) is 4. The summed E-state index contributed by atoms with van der Waals surface area (Å²) in [6.07, 6.45) is 0.199. The van der Waals surface area contributed by atoms with Crippen LogP contribution < -0.4 is 5.43 Å². The van der Waals surface area contributed by atoms with Gasteiger partial charge >= 0.3 is 0 Å². The van der Waals surface area contributed by atoms with Crippen molar-refractivity contribution in [3.63, 3.8) is 0 Å². The van der Waals surface area contributed by atoms with Crippen LogP contribution in [0.15, 0.2) is 42.5 Å². The summed E-state index contributed by atoms with van der Waals surface area (Å²) in [6, 6.07) is 12.6. The zero-order valence-electron chi connectivity index (χ0n) is 18.6. The summed E-state index contributed by atoms with van der Waals surface area (Å²) in [5.74, 6) is 5.42. The number of halogens is 3. The fraction of sp³-hybridized carbons (Fsp3) is 0.280. The van der Waals surface area contributed by atoms with Gasteiger partial charge in [0.1, 0.15) is 6.67 Å². The third-order valence-corrected chi connectivity index (χ3v) is 5.89. The van der Waals surface area contributed by atoms with Gasteiger partial charge in [0, 0.05) is 41.2 Å². The molecule has 0 aliphatic carbocycles. The van der Waals surface area contributed by atoms with Gasteiger partial charge in [-0.25, -0.2) is 9.69 Å². The number of carbonyl (C=O) groups excluding carboxylic acids is 1. The number of carbonyl (C=O) groups is 1. The maximum absolute atomic E-state index is 13.1. The summed E-state index contributed by atoms with van der Waals surface area (Å²) in [6.45, 7) is 3.70. The average molecular weight is 501 g/mol. The van der Waals surface area contributed by atoms with Gasteiger partial charge < -0.3 is 4.74 Å². The molecule has 1 N–H and O–H groups in total. The molecule has 0 spiro atoms. The number of benzene rings is 2. The SMILES string of the molecule is Cc1c(C(=O)NN2CCOCC2)nn(-c2ccc(Cl)cc2Cl)c1-c1ccc(C#CCCF)cc1. The van der Waals surface area contributed by atoms with Crippen LogP contribution in [0.4, 0.5) is 4.39 Å². The van der Waals surface area contributed by atoms with E-state index in [0.717, 1.165) is 16.8 Å². The molecular weight excluding hydrogens is 478 g/mol. The topological polar surface area (TPSA) is 59.4 Å². The summed E-state index contributed by atoms with van der Waals surface area (Å²) in [4.78, 5) is 13.1. The van der Waals surface area contributed by atoms with Crippen molar-refractivity contribution in [1.29, 1.82) is 0 Å². The van der Waals surface area contributed by atoms with Gasteiger partial charge in [0.2, 0.25) is 0 Å². The van der Waals surface area contributed by atoms with Crippen LogP contribution in [-0.4, -0.2) is 53.7 Å². The van der Waals surface area contributed by atoms with Crippen LogP contribution in [-0.2, 0) is 4.74 Å². The normalized spacial score (nSPS) is 13.9. The summed E-state index contributed by atoms with van der Waals surface area (Å²) >= 11 is 12.6. The molecule has 4 rings (SSSR count). The van der Waals surface area contributed by atoms with E-state index in [0.29, 0.717) is 53.3 Å². The van der Waals surface area contributed by atoms with Crippen molar-refractivity contribution >= 4 is 29.1 Å². The van der Waals surface area contributed by atoms with Crippen molar-refractivity contribution in [3.05, 3.63) is 69.3 Å². The minimum atomic E-state index is -0.472. The van der Waals surface area contributed by atoms with Gasteiger partial charge in [0.25, 0.3) is 5.91 Å². The Labute approximate surface area is 207 Å². The molecule has 1 fully saturated rings. The molecule has 2 aromatic carbocycles. The second-order valence-corrected chi connectivity index (χ2v) is 8.53. The lowest BCUT2D eigenvalue weighted by molar-refractivity contribution is 0.0124. The first-order chi connectivity index (χ1) is 16.5. The van der Waals surface area contributed by atoms with Crippen LogP contribution in [0.3, 0.4) is 0 Å². The number of hydrazine groups is 1. The Kier molecular flexibility index (Phi) is 7.86. The monoisotopic (exact) mass is 500 g/mol. The summed E-state index contributed by atoms with van der Waals surface area (Å²) in [7, 11) is 0. The molecule has 0 saturated carbocycles. The fourth-order valence-electron chi connectivity index (χ4n) is 3.67. The number of hydrogen-bond donors (Lipinski definition) is 1. The second-order valence-electron chi connectivity index (χ2n) is 7.69. The van der Waals surface area contributed by atoms with Gasteiger partial charge in [-0.1, -0.05) is 47.2 Å². The number of aromatic nitrogens is 2. The summed E-state index contributed by atoms with van der Waals surface area (Å²) in [5.41, 5.74) is 6.83. The van der Waals surface area contributed by atoms with Gasteiger partial charge in [-0.3, -0.25) is 14.6 Å². The van der Waals surface area contributed by atoms with Crippen molar-refractivity contribution in [2.24, 2.45) is 0 Å². The molecule has 3 aromatic rings. The molecule has 2 heterocycles. The molecule has 34 heavy (non-hydrogen) atoms. The molecule has 1 aliphatic rings. The molecule has 0 radical (unpaired) electrons. The molecule has 1 amide bonds. The first-order valence-electron chi connectivity index (χ1n) is 10.8. The second kappa shape index (κ2) is 11.0. The van der Waals surface area contributed by atoms with Crippen LogP contribution in [0.5, 0.6) is 0 Å². The summed E-state index contributed by atoms with van der Waals surface area (Å²) in [5, 5.41) is 7.38. The molecule has 9 heteroatoms. The average Bonchev–Trinajstić information content (AvgIpc) is 3.17. The third kappa shape index (κ3) is 5.43. The number of morpholine rings is 1. The highest BCUT2D eigenvalue weighted by Crippen LogP contribution is 2.32. The maximum Gasteiger partial charge on any atom is 0.286 e. The largest absolute Gasteiger partial charge is 0.379 e. The number of nitrogens with one attached hydrogen (secondary N) is 1.